The lowest BCUT2D eigenvalue weighted by atomic mass is 10.3. The number of para-hydroxylation sites is 2. The van der Waals surface area contributed by atoms with E-state index in [1.165, 1.54) is 0 Å². The van der Waals surface area contributed by atoms with Crippen molar-refractivity contribution in [3.8, 4) is 5.75 Å². The van der Waals surface area contributed by atoms with Crippen LogP contribution in [0, 0.1) is 0 Å². The minimum Gasteiger partial charge on any atom is -0.492 e. The van der Waals surface area contributed by atoms with E-state index >= 15 is 0 Å². The van der Waals surface area contributed by atoms with Crippen molar-refractivity contribution in [3.05, 3.63) is 42.2 Å². The van der Waals surface area contributed by atoms with Gasteiger partial charge in [-0.05, 0) is 38.5 Å². The first-order valence-corrected chi connectivity index (χ1v) is 7.24. The molecule has 1 heterocycles. The SMILES string of the molecule is CCOc1ccccc1NCc1ccn(C(C)CC)n1. The van der Waals surface area contributed by atoms with E-state index in [1.807, 2.05) is 42.1 Å². The maximum Gasteiger partial charge on any atom is 0.142 e. The highest BCUT2D eigenvalue weighted by Crippen LogP contribution is 2.24. The number of rotatable bonds is 7. The third-order valence-corrected chi connectivity index (χ3v) is 3.35. The van der Waals surface area contributed by atoms with E-state index in [-0.39, 0.29) is 0 Å². The van der Waals surface area contributed by atoms with Crippen LogP contribution in [0.2, 0.25) is 0 Å². The monoisotopic (exact) mass is 273 g/mol. The van der Waals surface area contributed by atoms with Gasteiger partial charge in [0.15, 0.2) is 0 Å². The molecule has 0 fully saturated rings. The molecule has 0 saturated heterocycles. The van der Waals surface area contributed by atoms with E-state index in [1.54, 1.807) is 0 Å². The minimum absolute atomic E-state index is 0.444. The largest absolute Gasteiger partial charge is 0.492 e. The fourth-order valence-electron chi connectivity index (χ4n) is 1.98. The van der Waals surface area contributed by atoms with E-state index in [9.17, 15) is 0 Å². The lowest BCUT2D eigenvalue weighted by molar-refractivity contribution is 0.341. The molecular formula is C16H23N3O. The molecular weight excluding hydrogens is 250 g/mol. The first-order chi connectivity index (χ1) is 9.74. The van der Waals surface area contributed by atoms with Crippen LogP contribution in [0.15, 0.2) is 36.5 Å². The molecule has 4 heteroatoms. The number of nitrogens with one attached hydrogen (secondary N) is 1. The Balaban J connectivity index is 2.00. The quantitative estimate of drug-likeness (QED) is 0.832. The summed E-state index contributed by atoms with van der Waals surface area (Å²) in [4.78, 5) is 0. The number of aromatic nitrogens is 2. The fourth-order valence-corrected chi connectivity index (χ4v) is 1.98. The molecule has 0 radical (unpaired) electrons. The van der Waals surface area contributed by atoms with Crippen molar-refractivity contribution in [2.45, 2.75) is 39.8 Å². The van der Waals surface area contributed by atoms with Crippen molar-refractivity contribution in [1.29, 1.82) is 0 Å². The third kappa shape index (κ3) is 3.53. The molecule has 0 aliphatic carbocycles. The van der Waals surface area contributed by atoms with E-state index in [0.717, 1.165) is 23.6 Å². The normalized spacial score (nSPS) is 12.2. The summed E-state index contributed by atoms with van der Waals surface area (Å²) in [6.07, 6.45) is 3.13. The molecule has 4 nitrogen and oxygen atoms in total. The number of benzene rings is 1. The summed E-state index contributed by atoms with van der Waals surface area (Å²) >= 11 is 0. The van der Waals surface area contributed by atoms with Crippen LogP contribution in [0.1, 0.15) is 38.9 Å². The van der Waals surface area contributed by atoms with Crippen molar-refractivity contribution in [3.63, 3.8) is 0 Å². The Morgan fingerprint density at radius 1 is 1.25 bits per heavy atom. The predicted octanol–water partition coefficient (Wildman–Crippen LogP) is 3.86. The second-order valence-corrected chi connectivity index (χ2v) is 4.83. The molecule has 0 amide bonds. The van der Waals surface area contributed by atoms with Gasteiger partial charge in [-0.1, -0.05) is 19.1 Å². The van der Waals surface area contributed by atoms with Crippen molar-refractivity contribution >= 4 is 5.69 Å². The number of hydrogen-bond acceptors (Lipinski definition) is 3. The zero-order valence-corrected chi connectivity index (χ0v) is 12.5. The standard InChI is InChI=1S/C16H23N3O/c1-4-13(3)19-11-10-14(18-19)12-17-15-8-6-7-9-16(15)20-5-2/h6-11,13,17H,4-5,12H2,1-3H3. The number of ether oxygens (including phenoxy) is 1. The molecule has 1 aromatic carbocycles. The second kappa shape index (κ2) is 6.98. The van der Waals surface area contributed by atoms with Gasteiger partial charge in [0.25, 0.3) is 0 Å². The van der Waals surface area contributed by atoms with Crippen LogP contribution >= 0.6 is 0 Å². The van der Waals surface area contributed by atoms with Gasteiger partial charge >= 0.3 is 0 Å². The summed E-state index contributed by atoms with van der Waals surface area (Å²) in [7, 11) is 0. The van der Waals surface area contributed by atoms with Gasteiger partial charge in [-0.2, -0.15) is 5.10 Å². The molecule has 0 aliphatic heterocycles. The predicted molar refractivity (Wildman–Crippen MR) is 82.2 cm³/mol. The van der Waals surface area contributed by atoms with E-state index in [2.05, 4.69) is 30.3 Å². The van der Waals surface area contributed by atoms with Gasteiger partial charge in [-0.3, -0.25) is 4.68 Å². The van der Waals surface area contributed by atoms with Crippen molar-refractivity contribution in [1.82, 2.24) is 9.78 Å². The highest BCUT2D eigenvalue weighted by atomic mass is 16.5. The zero-order valence-electron chi connectivity index (χ0n) is 12.5. The lowest BCUT2D eigenvalue weighted by Gasteiger charge is -2.11. The summed E-state index contributed by atoms with van der Waals surface area (Å²) in [6, 6.07) is 10.5. The summed E-state index contributed by atoms with van der Waals surface area (Å²) in [5.74, 6) is 0.886. The van der Waals surface area contributed by atoms with Crippen LogP contribution in [0.3, 0.4) is 0 Å². The minimum atomic E-state index is 0.444. The van der Waals surface area contributed by atoms with Crippen LogP contribution in [0.4, 0.5) is 5.69 Å². The first kappa shape index (κ1) is 14.4. The van der Waals surface area contributed by atoms with Gasteiger partial charge in [0.2, 0.25) is 0 Å². The van der Waals surface area contributed by atoms with E-state index in [0.29, 0.717) is 19.2 Å². The van der Waals surface area contributed by atoms with Gasteiger partial charge in [-0.15, -0.1) is 0 Å². The van der Waals surface area contributed by atoms with Gasteiger partial charge in [0, 0.05) is 12.2 Å². The summed E-state index contributed by atoms with van der Waals surface area (Å²) < 4.78 is 7.62. The van der Waals surface area contributed by atoms with Crippen molar-refractivity contribution in [2.24, 2.45) is 0 Å². The molecule has 0 aliphatic rings. The van der Waals surface area contributed by atoms with Crippen LogP contribution in [-0.4, -0.2) is 16.4 Å². The van der Waals surface area contributed by atoms with Gasteiger partial charge in [0.1, 0.15) is 5.75 Å². The highest BCUT2D eigenvalue weighted by Gasteiger charge is 2.06. The van der Waals surface area contributed by atoms with Crippen LogP contribution in [0.5, 0.6) is 5.75 Å². The van der Waals surface area contributed by atoms with Crippen LogP contribution < -0.4 is 10.1 Å². The molecule has 0 spiro atoms. The Hall–Kier alpha value is -1.97. The Kier molecular flexibility index (Phi) is 5.04. The Bertz CT molecular complexity index is 536. The average molecular weight is 273 g/mol. The van der Waals surface area contributed by atoms with Crippen LogP contribution in [0.25, 0.3) is 0 Å². The lowest BCUT2D eigenvalue weighted by Crippen LogP contribution is -2.07. The van der Waals surface area contributed by atoms with Gasteiger partial charge < -0.3 is 10.1 Å². The molecule has 1 aromatic heterocycles. The molecule has 108 valence electrons. The second-order valence-electron chi connectivity index (χ2n) is 4.83. The molecule has 0 bridgehead atoms. The topological polar surface area (TPSA) is 39.1 Å². The van der Waals surface area contributed by atoms with E-state index < -0.39 is 0 Å². The summed E-state index contributed by atoms with van der Waals surface area (Å²) in [6.45, 7) is 7.71. The molecule has 2 aromatic rings. The Morgan fingerprint density at radius 2 is 2.05 bits per heavy atom. The highest BCUT2D eigenvalue weighted by molar-refractivity contribution is 5.56. The smallest absolute Gasteiger partial charge is 0.142 e. The van der Waals surface area contributed by atoms with E-state index in [4.69, 9.17) is 4.74 Å². The summed E-state index contributed by atoms with van der Waals surface area (Å²) in [5, 5.41) is 7.97. The fraction of sp³-hybridized carbons (Fsp3) is 0.438. The number of anilines is 1. The first-order valence-electron chi connectivity index (χ1n) is 7.24. The molecule has 2 rings (SSSR count). The maximum atomic E-state index is 5.60. The molecule has 20 heavy (non-hydrogen) atoms. The van der Waals surface area contributed by atoms with Crippen molar-refractivity contribution < 1.29 is 4.74 Å². The van der Waals surface area contributed by atoms with Gasteiger partial charge in [0.05, 0.1) is 24.5 Å². The van der Waals surface area contributed by atoms with Crippen molar-refractivity contribution in [2.75, 3.05) is 11.9 Å². The van der Waals surface area contributed by atoms with Crippen LogP contribution in [-0.2, 0) is 6.54 Å². The Labute approximate surface area is 120 Å². The van der Waals surface area contributed by atoms with Gasteiger partial charge in [-0.25, -0.2) is 0 Å². The average Bonchev–Trinajstić information content (AvgIpc) is 2.95. The molecule has 1 unspecified atom stereocenters. The number of nitrogens with zero attached hydrogens (tertiary/aromatic N) is 2. The zero-order chi connectivity index (χ0) is 14.4. The Morgan fingerprint density at radius 3 is 2.80 bits per heavy atom. The third-order valence-electron chi connectivity index (χ3n) is 3.35. The molecule has 1 N–H and O–H groups in total. The molecule has 0 saturated carbocycles. The maximum absolute atomic E-state index is 5.60. The molecule has 1 atom stereocenters. The number of hydrogen-bond donors (Lipinski definition) is 1. The summed E-state index contributed by atoms with van der Waals surface area (Å²) in [5.41, 5.74) is 2.05.